The molecule has 4 nitrogen and oxygen atoms in total. The highest BCUT2D eigenvalue weighted by Gasteiger charge is 2.31. The molecule has 0 bridgehead atoms. The van der Waals surface area contributed by atoms with E-state index in [0.717, 1.165) is 19.5 Å². The van der Waals surface area contributed by atoms with E-state index in [0.29, 0.717) is 12.1 Å². The van der Waals surface area contributed by atoms with E-state index >= 15 is 0 Å². The first-order chi connectivity index (χ1) is 7.16. The summed E-state index contributed by atoms with van der Waals surface area (Å²) in [6.07, 6.45) is 1.15. The lowest BCUT2D eigenvalue weighted by atomic mass is 9.98. The summed E-state index contributed by atoms with van der Waals surface area (Å²) in [6.45, 7) is 7.04. The molecule has 2 fully saturated rings. The van der Waals surface area contributed by atoms with Crippen LogP contribution < -0.4 is 5.73 Å². The van der Waals surface area contributed by atoms with E-state index in [9.17, 15) is 0 Å². The van der Waals surface area contributed by atoms with Crippen molar-refractivity contribution in [3.8, 4) is 0 Å². The van der Waals surface area contributed by atoms with Gasteiger partial charge in [-0.05, 0) is 27.1 Å². The number of hydrogen-bond acceptors (Lipinski definition) is 4. The first-order valence-electron chi connectivity index (χ1n) is 6.03. The second-order valence-electron chi connectivity index (χ2n) is 5.12. The Labute approximate surface area is 93.0 Å². The first-order valence-corrected chi connectivity index (χ1v) is 6.03. The molecule has 0 amide bonds. The monoisotopic (exact) mass is 212 g/mol. The Balaban J connectivity index is 1.90. The van der Waals surface area contributed by atoms with Gasteiger partial charge in [0.15, 0.2) is 0 Å². The second kappa shape index (κ2) is 4.78. The number of hydrogen-bond donors (Lipinski definition) is 1. The Hall–Kier alpha value is -0.160. The van der Waals surface area contributed by atoms with Gasteiger partial charge in [-0.2, -0.15) is 0 Å². The molecule has 0 aromatic carbocycles. The van der Waals surface area contributed by atoms with Crippen LogP contribution in [0, 0.1) is 0 Å². The molecule has 15 heavy (non-hydrogen) atoms. The highest BCUT2D eigenvalue weighted by molar-refractivity contribution is 4.90. The molecule has 2 heterocycles. The summed E-state index contributed by atoms with van der Waals surface area (Å²) >= 11 is 0. The van der Waals surface area contributed by atoms with E-state index in [1.54, 1.807) is 0 Å². The van der Waals surface area contributed by atoms with Gasteiger partial charge in [-0.25, -0.2) is 0 Å². The maximum atomic E-state index is 6.22. The van der Waals surface area contributed by atoms with Crippen LogP contribution in [0.3, 0.4) is 0 Å². The van der Waals surface area contributed by atoms with E-state index in [1.165, 1.54) is 26.2 Å². The van der Waals surface area contributed by atoms with Crippen molar-refractivity contribution in [2.24, 2.45) is 5.73 Å². The van der Waals surface area contributed by atoms with Crippen LogP contribution in [-0.2, 0) is 0 Å². The summed E-state index contributed by atoms with van der Waals surface area (Å²) in [7, 11) is 4.40. The van der Waals surface area contributed by atoms with Crippen LogP contribution in [0.5, 0.6) is 0 Å². The smallest absolute Gasteiger partial charge is 0.0375 e. The Morgan fingerprint density at radius 1 is 0.933 bits per heavy atom. The number of likely N-dealkylation sites (N-methyl/N-ethyl adjacent to an activating group) is 2. The molecule has 2 atom stereocenters. The lowest BCUT2D eigenvalue weighted by molar-refractivity contribution is 0.0565. The fraction of sp³-hybridized carbons (Fsp3) is 1.00. The van der Waals surface area contributed by atoms with Gasteiger partial charge < -0.3 is 15.5 Å². The fourth-order valence-corrected chi connectivity index (χ4v) is 2.65. The highest BCUT2D eigenvalue weighted by Crippen LogP contribution is 2.15. The minimum atomic E-state index is 0.379. The third-order valence-corrected chi connectivity index (χ3v) is 3.84. The molecular weight excluding hydrogens is 188 g/mol. The molecule has 2 aliphatic rings. The lowest BCUT2D eigenvalue weighted by Gasteiger charge is -2.44. The number of likely N-dealkylation sites (tertiary alicyclic amines) is 1. The van der Waals surface area contributed by atoms with Crippen LogP contribution in [-0.4, -0.2) is 80.1 Å². The van der Waals surface area contributed by atoms with Gasteiger partial charge in [0.25, 0.3) is 0 Å². The van der Waals surface area contributed by atoms with Gasteiger partial charge in [-0.15, -0.1) is 0 Å². The number of piperazine rings is 1. The van der Waals surface area contributed by atoms with Crippen molar-refractivity contribution in [1.82, 2.24) is 14.7 Å². The van der Waals surface area contributed by atoms with Crippen molar-refractivity contribution in [1.29, 1.82) is 0 Å². The molecule has 0 aromatic heterocycles. The Morgan fingerprint density at radius 3 is 2.27 bits per heavy atom. The van der Waals surface area contributed by atoms with Crippen LogP contribution in [0.2, 0.25) is 0 Å². The Kier molecular flexibility index (Phi) is 3.61. The van der Waals surface area contributed by atoms with Gasteiger partial charge in [-0.3, -0.25) is 4.90 Å². The Bertz CT molecular complexity index is 201. The summed E-state index contributed by atoms with van der Waals surface area (Å²) in [5.41, 5.74) is 6.22. The van der Waals surface area contributed by atoms with Crippen LogP contribution >= 0.6 is 0 Å². The number of nitrogens with two attached hydrogens (primary N) is 1. The van der Waals surface area contributed by atoms with E-state index in [2.05, 4.69) is 28.8 Å². The topological polar surface area (TPSA) is 35.7 Å². The van der Waals surface area contributed by atoms with Gasteiger partial charge in [0, 0.05) is 44.8 Å². The standard InChI is InChI=1S/C11H24N4/c1-13-5-7-15(8-6-13)11-9-14(2)4-3-10(11)12/h10-11H,3-9,12H2,1-2H3. The van der Waals surface area contributed by atoms with Crippen LogP contribution in [0.15, 0.2) is 0 Å². The molecule has 0 radical (unpaired) electrons. The summed E-state index contributed by atoms with van der Waals surface area (Å²) in [4.78, 5) is 7.39. The van der Waals surface area contributed by atoms with Crippen molar-refractivity contribution in [2.75, 3.05) is 53.4 Å². The largest absolute Gasteiger partial charge is 0.326 e. The molecule has 0 aliphatic carbocycles. The maximum Gasteiger partial charge on any atom is 0.0375 e. The molecule has 88 valence electrons. The predicted molar refractivity (Wildman–Crippen MR) is 62.9 cm³/mol. The average Bonchev–Trinajstić information content (AvgIpc) is 2.23. The number of piperidine rings is 1. The molecule has 2 N–H and O–H groups in total. The van der Waals surface area contributed by atoms with E-state index in [4.69, 9.17) is 5.73 Å². The zero-order valence-electron chi connectivity index (χ0n) is 10.0. The molecule has 2 aliphatic heterocycles. The molecule has 0 saturated carbocycles. The zero-order valence-corrected chi connectivity index (χ0v) is 10.0. The minimum absolute atomic E-state index is 0.379. The third kappa shape index (κ3) is 2.69. The Morgan fingerprint density at radius 2 is 1.60 bits per heavy atom. The van der Waals surface area contributed by atoms with E-state index < -0.39 is 0 Å². The van der Waals surface area contributed by atoms with Crippen molar-refractivity contribution >= 4 is 0 Å². The van der Waals surface area contributed by atoms with Crippen LogP contribution in [0.4, 0.5) is 0 Å². The third-order valence-electron chi connectivity index (χ3n) is 3.84. The van der Waals surface area contributed by atoms with Crippen LogP contribution in [0.1, 0.15) is 6.42 Å². The van der Waals surface area contributed by atoms with Gasteiger partial charge in [0.1, 0.15) is 0 Å². The lowest BCUT2D eigenvalue weighted by Crippen LogP contribution is -2.61. The van der Waals surface area contributed by atoms with Gasteiger partial charge in [-0.1, -0.05) is 0 Å². The predicted octanol–water partition coefficient (Wildman–Crippen LogP) is -0.735. The summed E-state index contributed by atoms with van der Waals surface area (Å²) in [5, 5.41) is 0. The SMILES string of the molecule is CN1CCN(C2CN(C)CCC2N)CC1. The molecule has 2 rings (SSSR count). The summed E-state index contributed by atoms with van der Waals surface area (Å²) in [5.74, 6) is 0. The zero-order chi connectivity index (χ0) is 10.8. The van der Waals surface area contributed by atoms with E-state index in [-0.39, 0.29) is 0 Å². The van der Waals surface area contributed by atoms with Crippen molar-refractivity contribution in [3.05, 3.63) is 0 Å². The molecule has 0 spiro atoms. The quantitative estimate of drug-likeness (QED) is 0.621. The summed E-state index contributed by atoms with van der Waals surface area (Å²) < 4.78 is 0. The molecule has 2 unspecified atom stereocenters. The van der Waals surface area contributed by atoms with Gasteiger partial charge in [0.2, 0.25) is 0 Å². The first kappa shape index (κ1) is 11.3. The summed E-state index contributed by atoms with van der Waals surface area (Å²) in [6, 6.07) is 0.960. The maximum absolute atomic E-state index is 6.22. The van der Waals surface area contributed by atoms with Crippen molar-refractivity contribution in [3.63, 3.8) is 0 Å². The van der Waals surface area contributed by atoms with E-state index in [1.807, 2.05) is 0 Å². The van der Waals surface area contributed by atoms with Crippen molar-refractivity contribution in [2.45, 2.75) is 18.5 Å². The molecule has 4 heteroatoms. The molecular formula is C11H24N4. The minimum Gasteiger partial charge on any atom is -0.326 e. The number of nitrogens with zero attached hydrogens (tertiary/aromatic N) is 3. The molecule has 2 saturated heterocycles. The van der Waals surface area contributed by atoms with Crippen molar-refractivity contribution < 1.29 is 0 Å². The molecule has 0 aromatic rings. The fourth-order valence-electron chi connectivity index (χ4n) is 2.65. The second-order valence-corrected chi connectivity index (χ2v) is 5.12. The average molecular weight is 212 g/mol. The number of rotatable bonds is 1. The highest BCUT2D eigenvalue weighted by atomic mass is 15.3. The van der Waals surface area contributed by atoms with Crippen LogP contribution in [0.25, 0.3) is 0 Å². The normalized spacial score (nSPS) is 37.0. The van der Waals surface area contributed by atoms with Gasteiger partial charge in [0.05, 0.1) is 0 Å². The van der Waals surface area contributed by atoms with Gasteiger partial charge >= 0.3 is 0 Å².